The summed E-state index contributed by atoms with van der Waals surface area (Å²) in [5.74, 6) is 1.38. The van der Waals surface area contributed by atoms with Crippen molar-refractivity contribution >= 4 is 22.9 Å². The van der Waals surface area contributed by atoms with Gasteiger partial charge in [-0.25, -0.2) is 15.0 Å². The van der Waals surface area contributed by atoms with Crippen molar-refractivity contribution in [2.45, 2.75) is 20.3 Å². The van der Waals surface area contributed by atoms with E-state index in [0.29, 0.717) is 42.3 Å². The van der Waals surface area contributed by atoms with Crippen LogP contribution in [0.1, 0.15) is 28.2 Å². The van der Waals surface area contributed by atoms with Gasteiger partial charge in [0, 0.05) is 26.2 Å². The lowest BCUT2D eigenvalue weighted by Gasteiger charge is -2.23. The topological polar surface area (TPSA) is 104 Å². The molecule has 0 atom stereocenters. The first-order valence-corrected chi connectivity index (χ1v) is 8.26. The first-order chi connectivity index (χ1) is 12.1. The molecule has 1 aliphatic rings. The molecule has 0 radical (unpaired) electrons. The van der Waals surface area contributed by atoms with Crippen molar-refractivity contribution in [1.82, 2.24) is 30.0 Å². The highest BCUT2D eigenvalue weighted by atomic mass is 16.5. The smallest absolute Gasteiger partial charge is 0.259 e. The summed E-state index contributed by atoms with van der Waals surface area (Å²) in [5, 5.41) is 3.89. The molecule has 1 aliphatic heterocycles. The quantitative estimate of drug-likeness (QED) is 0.749. The van der Waals surface area contributed by atoms with Crippen LogP contribution in [0.3, 0.4) is 0 Å². The van der Waals surface area contributed by atoms with Gasteiger partial charge < -0.3 is 19.3 Å². The fourth-order valence-corrected chi connectivity index (χ4v) is 3.27. The summed E-state index contributed by atoms with van der Waals surface area (Å²) in [5.41, 5.74) is 2.69. The number of fused-ring (bicyclic) bond motifs is 1. The minimum Gasteiger partial charge on any atom is -0.361 e. The van der Waals surface area contributed by atoms with E-state index in [9.17, 15) is 4.79 Å². The summed E-state index contributed by atoms with van der Waals surface area (Å²) in [4.78, 5) is 32.7. The predicted molar refractivity (Wildman–Crippen MR) is 90.4 cm³/mol. The van der Waals surface area contributed by atoms with Gasteiger partial charge in [-0.1, -0.05) is 5.16 Å². The number of aromatic nitrogens is 5. The van der Waals surface area contributed by atoms with Gasteiger partial charge in [-0.05, 0) is 20.3 Å². The van der Waals surface area contributed by atoms with E-state index in [-0.39, 0.29) is 5.91 Å². The molecule has 9 nitrogen and oxygen atoms in total. The van der Waals surface area contributed by atoms with Gasteiger partial charge in [0.2, 0.25) is 0 Å². The van der Waals surface area contributed by atoms with Crippen molar-refractivity contribution in [2.24, 2.45) is 0 Å². The Morgan fingerprint density at radius 3 is 2.84 bits per heavy atom. The second-order valence-corrected chi connectivity index (χ2v) is 6.13. The van der Waals surface area contributed by atoms with Gasteiger partial charge in [0.1, 0.15) is 23.2 Å². The minimum absolute atomic E-state index is 0.0209. The fraction of sp³-hybridized carbons (Fsp3) is 0.438. The third-order valence-electron chi connectivity index (χ3n) is 4.53. The Hall–Kier alpha value is -2.97. The molecule has 0 unspecified atom stereocenters. The third-order valence-corrected chi connectivity index (χ3v) is 4.53. The molecule has 25 heavy (non-hydrogen) atoms. The monoisotopic (exact) mass is 341 g/mol. The van der Waals surface area contributed by atoms with Crippen molar-refractivity contribution in [3.63, 3.8) is 0 Å². The van der Waals surface area contributed by atoms with E-state index >= 15 is 0 Å². The molecule has 4 rings (SSSR count). The number of H-pyrrole nitrogens is 1. The van der Waals surface area contributed by atoms with Crippen LogP contribution in [0.2, 0.25) is 0 Å². The van der Waals surface area contributed by atoms with Crippen molar-refractivity contribution < 1.29 is 9.32 Å². The summed E-state index contributed by atoms with van der Waals surface area (Å²) in [6.07, 6.45) is 4.00. The molecule has 0 bridgehead atoms. The molecule has 1 saturated heterocycles. The lowest BCUT2D eigenvalue weighted by Crippen LogP contribution is -2.36. The summed E-state index contributed by atoms with van der Waals surface area (Å²) < 4.78 is 5.13. The van der Waals surface area contributed by atoms with Crippen LogP contribution in [-0.2, 0) is 0 Å². The van der Waals surface area contributed by atoms with E-state index in [2.05, 4.69) is 30.0 Å². The van der Waals surface area contributed by atoms with E-state index in [1.165, 1.54) is 6.33 Å². The Bertz CT molecular complexity index is 897. The van der Waals surface area contributed by atoms with Crippen LogP contribution in [0.25, 0.3) is 11.2 Å². The normalized spacial score (nSPS) is 15.6. The van der Waals surface area contributed by atoms with Crippen molar-refractivity contribution in [2.75, 3.05) is 31.1 Å². The van der Waals surface area contributed by atoms with Crippen molar-refractivity contribution in [3.8, 4) is 0 Å². The largest absolute Gasteiger partial charge is 0.361 e. The lowest BCUT2D eigenvalue weighted by atomic mass is 10.1. The average molecular weight is 341 g/mol. The maximum atomic E-state index is 12.8. The van der Waals surface area contributed by atoms with Crippen molar-refractivity contribution in [1.29, 1.82) is 0 Å². The van der Waals surface area contributed by atoms with Gasteiger partial charge in [0.05, 0.1) is 12.0 Å². The first-order valence-electron chi connectivity index (χ1n) is 8.26. The maximum Gasteiger partial charge on any atom is 0.259 e. The van der Waals surface area contributed by atoms with Gasteiger partial charge in [0.15, 0.2) is 11.5 Å². The summed E-state index contributed by atoms with van der Waals surface area (Å²) in [7, 11) is 0. The molecule has 1 amide bonds. The number of rotatable bonds is 2. The Labute approximate surface area is 144 Å². The number of amides is 1. The zero-order chi connectivity index (χ0) is 17.4. The molecular weight excluding hydrogens is 322 g/mol. The molecular formula is C16H19N7O2. The molecule has 0 spiro atoms. The van der Waals surface area contributed by atoms with Crippen LogP contribution in [0, 0.1) is 13.8 Å². The van der Waals surface area contributed by atoms with Gasteiger partial charge in [-0.2, -0.15) is 0 Å². The molecule has 130 valence electrons. The number of imidazole rings is 1. The van der Waals surface area contributed by atoms with Crippen LogP contribution in [-0.4, -0.2) is 62.1 Å². The highest BCUT2D eigenvalue weighted by Gasteiger charge is 2.26. The summed E-state index contributed by atoms with van der Waals surface area (Å²) in [6, 6.07) is 0. The SMILES string of the molecule is Cc1noc(C)c1C(=O)N1CCCN(c2ncnc3nc[nH]c23)CC1. The number of hydrogen-bond acceptors (Lipinski definition) is 7. The second-order valence-electron chi connectivity index (χ2n) is 6.13. The third kappa shape index (κ3) is 2.71. The molecule has 9 heteroatoms. The molecule has 3 aromatic rings. The number of nitrogens with zero attached hydrogens (tertiary/aromatic N) is 6. The zero-order valence-electron chi connectivity index (χ0n) is 14.2. The Balaban J connectivity index is 1.54. The molecule has 1 fully saturated rings. The van der Waals surface area contributed by atoms with Gasteiger partial charge in [-0.3, -0.25) is 4.79 Å². The van der Waals surface area contributed by atoms with Gasteiger partial charge >= 0.3 is 0 Å². The van der Waals surface area contributed by atoms with E-state index in [4.69, 9.17) is 4.52 Å². The van der Waals surface area contributed by atoms with E-state index in [0.717, 1.165) is 24.3 Å². The molecule has 0 aliphatic carbocycles. The predicted octanol–water partition coefficient (Wildman–Crippen LogP) is 1.31. The minimum atomic E-state index is -0.0209. The maximum absolute atomic E-state index is 12.8. The lowest BCUT2D eigenvalue weighted by molar-refractivity contribution is 0.0764. The van der Waals surface area contributed by atoms with E-state index < -0.39 is 0 Å². The van der Waals surface area contributed by atoms with Crippen LogP contribution in [0.5, 0.6) is 0 Å². The Kier molecular flexibility index (Phi) is 3.83. The number of aromatic amines is 1. The molecule has 4 heterocycles. The number of hydrogen-bond donors (Lipinski definition) is 1. The second kappa shape index (κ2) is 6.15. The van der Waals surface area contributed by atoms with Crippen LogP contribution >= 0.6 is 0 Å². The van der Waals surface area contributed by atoms with Crippen LogP contribution in [0.15, 0.2) is 17.2 Å². The first kappa shape index (κ1) is 15.6. The molecule has 0 saturated carbocycles. The zero-order valence-corrected chi connectivity index (χ0v) is 14.2. The number of anilines is 1. The molecule has 1 N–H and O–H groups in total. The number of carbonyl (C=O) groups excluding carboxylic acids is 1. The summed E-state index contributed by atoms with van der Waals surface area (Å²) in [6.45, 7) is 6.38. The highest BCUT2D eigenvalue weighted by Crippen LogP contribution is 2.22. The van der Waals surface area contributed by atoms with Crippen LogP contribution < -0.4 is 4.90 Å². The van der Waals surface area contributed by atoms with Gasteiger partial charge in [0.25, 0.3) is 5.91 Å². The Morgan fingerprint density at radius 2 is 2.04 bits per heavy atom. The molecule has 3 aromatic heterocycles. The number of nitrogens with one attached hydrogen (secondary N) is 1. The standard InChI is InChI=1S/C16H19N7O2/c1-10-12(11(2)25-21-10)16(24)23-5-3-4-22(6-7-23)15-13-14(18-8-17-13)19-9-20-15/h8-9H,3-7H2,1-2H3,(H,17,18,19,20). The van der Waals surface area contributed by atoms with E-state index in [1.807, 2.05) is 4.90 Å². The van der Waals surface area contributed by atoms with E-state index in [1.54, 1.807) is 20.2 Å². The Morgan fingerprint density at radius 1 is 1.16 bits per heavy atom. The van der Waals surface area contributed by atoms with Crippen molar-refractivity contribution in [3.05, 3.63) is 29.7 Å². The fourth-order valence-electron chi connectivity index (χ4n) is 3.27. The summed E-state index contributed by atoms with van der Waals surface area (Å²) >= 11 is 0. The average Bonchev–Trinajstić information content (AvgIpc) is 3.13. The number of carbonyl (C=O) groups is 1. The van der Waals surface area contributed by atoms with Gasteiger partial charge in [-0.15, -0.1) is 0 Å². The molecule has 0 aromatic carbocycles. The highest BCUT2D eigenvalue weighted by molar-refractivity contribution is 5.96. The number of aryl methyl sites for hydroxylation is 2. The van der Waals surface area contributed by atoms with Crippen LogP contribution in [0.4, 0.5) is 5.82 Å².